The van der Waals surface area contributed by atoms with E-state index in [1.165, 1.54) is 12.8 Å². The Kier molecular flexibility index (Phi) is 8.20. The molecule has 5 nitrogen and oxygen atoms in total. The van der Waals surface area contributed by atoms with Gasteiger partial charge >= 0.3 is 0 Å². The minimum Gasteiger partial charge on any atom is -0.497 e. The summed E-state index contributed by atoms with van der Waals surface area (Å²) in [5.74, 6) is 1.59. The van der Waals surface area contributed by atoms with E-state index >= 15 is 0 Å². The molecule has 1 fully saturated rings. The van der Waals surface area contributed by atoms with Crippen LogP contribution in [0.5, 0.6) is 11.5 Å². The van der Waals surface area contributed by atoms with Crippen LogP contribution >= 0.6 is 12.4 Å². The number of carbonyl (C=O) groups is 1. The van der Waals surface area contributed by atoms with Crippen molar-refractivity contribution in [3.05, 3.63) is 23.8 Å². The van der Waals surface area contributed by atoms with Gasteiger partial charge in [0, 0.05) is 18.0 Å². The number of carbonyl (C=O) groups excluding carboxylic acids is 1. The molecule has 1 aromatic rings. The van der Waals surface area contributed by atoms with Crippen LogP contribution in [0.1, 0.15) is 44.2 Å². The second-order valence-corrected chi connectivity index (χ2v) is 5.73. The quantitative estimate of drug-likeness (QED) is 0.800. The number of hydrogen-bond acceptors (Lipinski definition) is 4. The van der Waals surface area contributed by atoms with E-state index in [4.69, 9.17) is 9.47 Å². The first kappa shape index (κ1) is 19.6. The maximum absolute atomic E-state index is 12.1. The molecule has 0 radical (unpaired) electrons. The van der Waals surface area contributed by atoms with Crippen molar-refractivity contribution in [3.8, 4) is 11.5 Å². The average molecular weight is 343 g/mol. The van der Waals surface area contributed by atoms with Gasteiger partial charge in [-0.25, -0.2) is 0 Å². The number of methoxy groups -OCH3 is 2. The molecule has 6 heteroatoms. The van der Waals surface area contributed by atoms with Gasteiger partial charge < -0.3 is 20.1 Å². The zero-order valence-corrected chi connectivity index (χ0v) is 14.9. The zero-order valence-electron chi connectivity index (χ0n) is 14.1. The van der Waals surface area contributed by atoms with Crippen molar-refractivity contribution >= 4 is 18.3 Å². The van der Waals surface area contributed by atoms with Gasteiger partial charge in [0.25, 0.3) is 0 Å². The third-order valence-electron chi connectivity index (χ3n) is 4.16. The number of amides is 1. The van der Waals surface area contributed by atoms with E-state index in [0.717, 1.165) is 30.0 Å². The van der Waals surface area contributed by atoms with E-state index < -0.39 is 0 Å². The molecule has 2 atom stereocenters. The lowest BCUT2D eigenvalue weighted by atomic mass is 10.1. The highest BCUT2D eigenvalue weighted by atomic mass is 35.5. The summed E-state index contributed by atoms with van der Waals surface area (Å²) in [7, 11) is 3.26. The average Bonchev–Trinajstić information content (AvgIpc) is 3.05. The molecule has 1 saturated heterocycles. The van der Waals surface area contributed by atoms with Crippen LogP contribution in [-0.4, -0.2) is 32.7 Å². The minimum atomic E-state index is -0.117. The van der Waals surface area contributed by atoms with Crippen LogP contribution in [0, 0.1) is 0 Å². The highest BCUT2D eigenvalue weighted by molar-refractivity contribution is 5.85. The van der Waals surface area contributed by atoms with Gasteiger partial charge in [-0.3, -0.25) is 4.79 Å². The molecule has 1 heterocycles. The Morgan fingerprint density at radius 3 is 2.78 bits per heavy atom. The normalized spacial score (nSPS) is 18.0. The summed E-state index contributed by atoms with van der Waals surface area (Å²) in [5.41, 5.74) is 0.925. The summed E-state index contributed by atoms with van der Waals surface area (Å²) >= 11 is 0. The number of nitrogens with one attached hydrogen (secondary N) is 2. The Balaban J connectivity index is 0.00000264. The summed E-state index contributed by atoms with van der Waals surface area (Å²) in [6, 6.07) is 5.99. The zero-order chi connectivity index (χ0) is 15.9. The lowest BCUT2D eigenvalue weighted by Crippen LogP contribution is -2.29. The molecule has 0 bridgehead atoms. The van der Waals surface area contributed by atoms with E-state index in [1.807, 2.05) is 25.1 Å². The van der Waals surface area contributed by atoms with Crippen LogP contribution in [-0.2, 0) is 4.79 Å². The Labute approximate surface area is 144 Å². The van der Waals surface area contributed by atoms with Gasteiger partial charge in [-0.15, -0.1) is 12.4 Å². The smallest absolute Gasteiger partial charge is 0.220 e. The summed E-state index contributed by atoms with van der Waals surface area (Å²) in [5, 5.41) is 6.46. The molecule has 0 aliphatic carbocycles. The van der Waals surface area contributed by atoms with E-state index in [-0.39, 0.29) is 24.4 Å². The maximum atomic E-state index is 12.1. The monoisotopic (exact) mass is 342 g/mol. The molecule has 0 aromatic heterocycles. The fraction of sp³-hybridized carbons (Fsp3) is 0.588. The summed E-state index contributed by atoms with van der Waals surface area (Å²) in [4.78, 5) is 12.1. The van der Waals surface area contributed by atoms with Crippen LogP contribution in [0.15, 0.2) is 18.2 Å². The van der Waals surface area contributed by atoms with Gasteiger partial charge in [0.05, 0.1) is 20.3 Å². The van der Waals surface area contributed by atoms with Crippen LogP contribution < -0.4 is 20.1 Å². The van der Waals surface area contributed by atoms with Crippen molar-refractivity contribution in [3.63, 3.8) is 0 Å². The topological polar surface area (TPSA) is 59.6 Å². The van der Waals surface area contributed by atoms with Crippen molar-refractivity contribution in [2.24, 2.45) is 0 Å². The van der Waals surface area contributed by atoms with Crippen molar-refractivity contribution in [1.29, 1.82) is 0 Å². The van der Waals surface area contributed by atoms with Crippen LogP contribution in [0.25, 0.3) is 0 Å². The molecule has 1 aliphatic heterocycles. The molecule has 1 aliphatic rings. The van der Waals surface area contributed by atoms with E-state index in [9.17, 15) is 4.79 Å². The fourth-order valence-corrected chi connectivity index (χ4v) is 2.88. The molecule has 1 aromatic carbocycles. The fourth-order valence-electron chi connectivity index (χ4n) is 2.88. The van der Waals surface area contributed by atoms with Crippen LogP contribution in [0.4, 0.5) is 0 Å². The Bertz CT molecular complexity index is 505. The lowest BCUT2D eigenvalue weighted by molar-refractivity contribution is -0.121. The van der Waals surface area contributed by atoms with Crippen LogP contribution in [0.2, 0.25) is 0 Å². The first-order valence-corrected chi connectivity index (χ1v) is 7.88. The number of halogens is 1. The van der Waals surface area contributed by atoms with Gasteiger partial charge in [0.15, 0.2) is 0 Å². The largest absolute Gasteiger partial charge is 0.497 e. The minimum absolute atomic E-state index is 0. The van der Waals surface area contributed by atoms with Gasteiger partial charge in [-0.2, -0.15) is 0 Å². The first-order valence-electron chi connectivity index (χ1n) is 7.88. The Morgan fingerprint density at radius 1 is 1.39 bits per heavy atom. The summed E-state index contributed by atoms with van der Waals surface area (Å²) in [6.45, 7) is 3.03. The highest BCUT2D eigenvalue weighted by Gasteiger charge is 2.18. The second-order valence-electron chi connectivity index (χ2n) is 5.73. The predicted molar refractivity (Wildman–Crippen MR) is 93.6 cm³/mol. The number of rotatable bonds is 7. The van der Waals surface area contributed by atoms with Crippen molar-refractivity contribution < 1.29 is 14.3 Å². The van der Waals surface area contributed by atoms with Crippen molar-refractivity contribution in [1.82, 2.24) is 10.6 Å². The molecule has 1 amide bonds. The molecule has 130 valence electrons. The van der Waals surface area contributed by atoms with E-state index in [1.54, 1.807) is 14.2 Å². The number of hydrogen-bond donors (Lipinski definition) is 2. The Hall–Kier alpha value is -1.46. The maximum Gasteiger partial charge on any atom is 0.220 e. The standard InChI is InChI=1S/C17H26N2O3.ClH/c1-12(15-11-14(21-2)7-8-16(15)22-3)19-17(20)9-6-13-5-4-10-18-13;/h7-8,11-13,18H,4-6,9-10H2,1-3H3,(H,19,20);1H. The van der Waals surface area contributed by atoms with Crippen molar-refractivity contribution in [2.45, 2.75) is 44.7 Å². The molecule has 23 heavy (non-hydrogen) atoms. The van der Waals surface area contributed by atoms with Gasteiger partial charge in [0.2, 0.25) is 5.91 Å². The molecule has 0 saturated carbocycles. The second kappa shape index (κ2) is 9.63. The van der Waals surface area contributed by atoms with Gasteiger partial charge in [-0.05, 0) is 50.9 Å². The molecule has 2 N–H and O–H groups in total. The molecule has 2 rings (SSSR count). The Morgan fingerprint density at radius 2 is 2.17 bits per heavy atom. The summed E-state index contributed by atoms with van der Waals surface area (Å²) in [6.07, 6.45) is 3.83. The van der Waals surface area contributed by atoms with Gasteiger partial charge in [0.1, 0.15) is 11.5 Å². The number of benzene rings is 1. The van der Waals surface area contributed by atoms with Gasteiger partial charge in [-0.1, -0.05) is 0 Å². The van der Waals surface area contributed by atoms with E-state index in [0.29, 0.717) is 12.5 Å². The molecular weight excluding hydrogens is 316 g/mol. The molecule has 0 spiro atoms. The molecule has 2 unspecified atom stereocenters. The van der Waals surface area contributed by atoms with Crippen LogP contribution in [0.3, 0.4) is 0 Å². The highest BCUT2D eigenvalue weighted by Crippen LogP contribution is 2.29. The summed E-state index contributed by atoms with van der Waals surface area (Å²) < 4.78 is 10.6. The SMILES string of the molecule is COc1ccc(OC)c(C(C)NC(=O)CCC2CCCN2)c1.Cl. The third-order valence-corrected chi connectivity index (χ3v) is 4.16. The van der Waals surface area contributed by atoms with Crippen molar-refractivity contribution in [2.75, 3.05) is 20.8 Å². The molecular formula is C17H27ClN2O3. The third kappa shape index (κ3) is 5.59. The predicted octanol–water partition coefficient (Wildman–Crippen LogP) is 2.84. The first-order chi connectivity index (χ1) is 10.6. The van der Waals surface area contributed by atoms with E-state index in [2.05, 4.69) is 10.6 Å². The number of ether oxygens (including phenoxy) is 2. The lowest BCUT2D eigenvalue weighted by Gasteiger charge is -2.19.